The van der Waals surface area contributed by atoms with Crippen molar-refractivity contribution in [2.45, 2.75) is 19.9 Å². The number of likely N-dealkylation sites (tertiary alicyclic amines) is 1. The normalized spacial score (nSPS) is 17.3. The Kier molecular flexibility index (Phi) is 4.93. The Morgan fingerprint density at radius 1 is 1.25 bits per heavy atom. The number of anilines is 1. The van der Waals surface area contributed by atoms with E-state index in [1.54, 1.807) is 12.1 Å². The molecule has 0 bridgehead atoms. The molecule has 1 spiro atoms. The van der Waals surface area contributed by atoms with Crippen molar-refractivity contribution < 1.29 is 9.18 Å². The number of nitrogens with zero attached hydrogens (tertiary/aromatic N) is 4. The van der Waals surface area contributed by atoms with Crippen LogP contribution in [-0.4, -0.2) is 59.0 Å². The summed E-state index contributed by atoms with van der Waals surface area (Å²) in [5, 5.41) is 3.39. The number of H-pyrrole nitrogens is 1. The van der Waals surface area contributed by atoms with Gasteiger partial charge in [-0.15, -0.1) is 0 Å². The number of hydrogen-bond acceptors (Lipinski definition) is 6. The van der Waals surface area contributed by atoms with Crippen molar-refractivity contribution in [1.29, 1.82) is 0 Å². The second kappa shape index (κ2) is 7.67. The summed E-state index contributed by atoms with van der Waals surface area (Å²) in [6.07, 6.45) is 2.51. The first kappa shape index (κ1) is 20.6. The molecule has 3 aromatic heterocycles. The van der Waals surface area contributed by atoms with Crippen LogP contribution in [0.1, 0.15) is 28.7 Å². The quantitative estimate of drug-likeness (QED) is 0.592. The third-order valence-corrected chi connectivity index (χ3v) is 6.43. The molecule has 2 aliphatic rings. The van der Waals surface area contributed by atoms with Crippen LogP contribution >= 0.6 is 0 Å². The molecule has 5 heterocycles. The summed E-state index contributed by atoms with van der Waals surface area (Å²) < 4.78 is 14.4. The van der Waals surface area contributed by atoms with Crippen LogP contribution in [0.25, 0.3) is 10.9 Å². The van der Waals surface area contributed by atoms with E-state index in [1.165, 1.54) is 7.05 Å². The van der Waals surface area contributed by atoms with E-state index < -0.39 is 11.9 Å². The molecule has 0 aromatic carbocycles. The number of nitrogens with one attached hydrogen (secondary N) is 2. The lowest BCUT2D eigenvalue weighted by Gasteiger charge is -2.61. The van der Waals surface area contributed by atoms with Crippen molar-refractivity contribution in [2.24, 2.45) is 5.41 Å². The molecule has 2 N–H and O–H groups in total. The summed E-state index contributed by atoms with van der Waals surface area (Å²) in [5.41, 5.74) is 3.13. The molecule has 1 amide bonds. The SMILES string of the molecule is CCc1cc2cnc(CN3CC4(C3)CN(c3ccc(C(=O)NC)nc3F)C4)cc2[nH]c1=O. The number of fused-ring (bicyclic) bond motifs is 1. The molecule has 2 aliphatic heterocycles. The maximum atomic E-state index is 14.4. The van der Waals surface area contributed by atoms with Crippen molar-refractivity contribution in [3.05, 3.63) is 63.7 Å². The Morgan fingerprint density at radius 3 is 2.72 bits per heavy atom. The standard InChI is InChI=1S/C23H25FN6O2/c1-3-14-6-15-8-26-16(7-18(15)28-21(14)31)9-29-10-23(11-29)12-30(13-23)19-5-4-17(22(32)25-2)27-20(19)24/h4-8H,3,9-13H2,1-2H3,(H,25,32)(H,28,31). The second-order valence-electron chi connectivity index (χ2n) is 8.83. The molecular weight excluding hydrogens is 411 g/mol. The number of amides is 1. The summed E-state index contributed by atoms with van der Waals surface area (Å²) in [6, 6.07) is 7.03. The first-order chi connectivity index (χ1) is 15.4. The zero-order chi connectivity index (χ0) is 22.5. The van der Waals surface area contributed by atoms with Gasteiger partial charge in [0.15, 0.2) is 0 Å². The van der Waals surface area contributed by atoms with E-state index in [1.807, 2.05) is 30.2 Å². The molecule has 0 atom stereocenters. The second-order valence-corrected chi connectivity index (χ2v) is 8.83. The fraction of sp³-hybridized carbons (Fsp3) is 0.391. The summed E-state index contributed by atoms with van der Waals surface area (Å²) in [6.45, 7) is 6.04. The summed E-state index contributed by atoms with van der Waals surface area (Å²) in [4.78, 5) is 39.3. The number of aromatic nitrogens is 3. The van der Waals surface area contributed by atoms with E-state index in [-0.39, 0.29) is 16.7 Å². The van der Waals surface area contributed by atoms with Gasteiger partial charge >= 0.3 is 0 Å². The average molecular weight is 436 g/mol. The number of rotatable bonds is 5. The smallest absolute Gasteiger partial charge is 0.269 e. The first-order valence-corrected chi connectivity index (χ1v) is 10.8. The Morgan fingerprint density at radius 2 is 2.03 bits per heavy atom. The maximum Gasteiger partial charge on any atom is 0.269 e. The molecule has 0 radical (unpaired) electrons. The van der Waals surface area contributed by atoms with Gasteiger partial charge in [-0.05, 0) is 30.7 Å². The zero-order valence-electron chi connectivity index (χ0n) is 18.1. The highest BCUT2D eigenvalue weighted by atomic mass is 19.1. The molecule has 3 aromatic rings. The van der Waals surface area contributed by atoms with Crippen molar-refractivity contribution in [3.63, 3.8) is 0 Å². The van der Waals surface area contributed by atoms with Gasteiger partial charge in [0.05, 0.1) is 16.9 Å². The number of pyridine rings is 3. The van der Waals surface area contributed by atoms with E-state index in [0.717, 1.165) is 48.3 Å². The predicted molar refractivity (Wildman–Crippen MR) is 119 cm³/mol. The number of aromatic amines is 1. The Labute approximate surface area is 184 Å². The fourth-order valence-corrected chi connectivity index (χ4v) is 4.83. The van der Waals surface area contributed by atoms with Crippen molar-refractivity contribution in [1.82, 2.24) is 25.2 Å². The molecule has 2 saturated heterocycles. The van der Waals surface area contributed by atoms with Crippen LogP contribution in [0, 0.1) is 11.4 Å². The molecule has 32 heavy (non-hydrogen) atoms. The van der Waals surface area contributed by atoms with Gasteiger partial charge in [-0.3, -0.25) is 19.5 Å². The third kappa shape index (κ3) is 3.52. The lowest BCUT2D eigenvalue weighted by atomic mass is 9.72. The highest BCUT2D eigenvalue weighted by molar-refractivity contribution is 5.92. The number of halogens is 1. The largest absolute Gasteiger partial charge is 0.366 e. The molecular formula is C23H25FN6O2. The first-order valence-electron chi connectivity index (χ1n) is 10.8. The van der Waals surface area contributed by atoms with Gasteiger partial charge in [-0.2, -0.15) is 4.39 Å². The third-order valence-electron chi connectivity index (χ3n) is 6.43. The highest BCUT2D eigenvalue weighted by Crippen LogP contribution is 2.42. The van der Waals surface area contributed by atoms with Gasteiger partial charge in [0.2, 0.25) is 5.95 Å². The summed E-state index contributed by atoms with van der Waals surface area (Å²) in [5.74, 6) is -1.01. The number of hydrogen-bond donors (Lipinski definition) is 2. The molecule has 8 nitrogen and oxygen atoms in total. The van der Waals surface area contributed by atoms with E-state index in [0.29, 0.717) is 18.7 Å². The Bertz CT molecular complexity index is 1260. The van der Waals surface area contributed by atoms with E-state index >= 15 is 0 Å². The molecule has 9 heteroatoms. The van der Waals surface area contributed by atoms with Crippen molar-refractivity contribution in [3.8, 4) is 0 Å². The van der Waals surface area contributed by atoms with E-state index in [9.17, 15) is 14.0 Å². The van der Waals surface area contributed by atoms with Gasteiger partial charge in [0.1, 0.15) is 5.69 Å². The van der Waals surface area contributed by atoms with Crippen LogP contribution in [0.3, 0.4) is 0 Å². The zero-order valence-corrected chi connectivity index (χ0v) is 18.1. The van der Waals surface area contributed by atoms with E-state index in [4.69, 9.17) is 0 Å². The minimum absolute atomic E-state index is 0.0420. The van der Waals surface area contributed by atoms with Crippen LogP contribution in [0.2, 0.25) is 0 Å². The van der Waals surface area contributed by atoms with Crippen molar-refractivity contribution in [2.75, 3.05) is 38.1 Å². The molecule has 2 fully saturated rings. The summed E-state index contributed by atoms with van der Waals surface area (Å²) >= 11 is 0. The van der Waals surface area contributed by atoms with Crippen LogP contribution in [0.5, 0.6) is 0 Å². The van der Waals surface area contributed by atoms with Gasteiger partial charge < -0.3 is 15.2 Å². The van der Waals surface area contributed by atoms with E-state index in [2.05, 4.69) is 25.2 Å². The fourth-order valence-electron chi connectivity index (χ4n) is 4.83. The van der Waals surface area contributed by atoms with Crippen LogP contribution in [-0.2, 0) is 13.0 Å². The molecule has 5 rings (SSSR count). The maximum absolute atomic E-state index is 14.4. The van der Waals surface area contributed by atoms with Gasteiger partial charge in [-0.1, -0.05) is 6.92 Å². The predicted octanol–water partition coefficient (Wildman–Crippen LogP) is 1.70. The van der Waals surface area contributed by atoms with Gasteiger partial charge in [0, 0.05) is 62.3 Å². The van der Waals surface area contributed by atoms with Crippen LogP contribution < -0.4 is 15.8 Å². The number of carbonyl (C=O) groups excluding carboxylic acids is 1. The minimum atomic E-state index is -0.613. The molecule has 0 aliphatic carbocycles. The number of carbonyl (C=O) groups is 1. The van der Waals surface area contributed by atoms with Crippen LogP contribution in [0.15, 0.2) is 35.3 Å². The Balaban J connectivity index is 1.19. The van der Waals surface area contributed by atoms with Crippen molar-refractivity contribution >= 4 is 22.5 Å². The molecule has 0 saturated carbocycles. The summed E-state index contributed by atoms with van der Waals surface area (Å²) in [7, 11) is 1.49. The highest BCUT2D eigenvalue weighted by Gasteiger charge is 2.52. The monoisotopic (exact) mass is 436 g/mol. The lowest BCUT2D eigenvalue weighted by molar-refractivity contribution is -0.0283. The lowest BCUT2D eigenvalue weighted by Crippen LogP contribution is -2.72. The van der Waals surface area contributed by atoms with Gasteiger partial charge in [-0.25, -0.2) is 4.98 Å². The Hall–Kier alpha value is -3.33. The number of aryl methyl sites for hydroxylation is 1. The molecule has 166 valence electrons. The van der Waals surface area contributed by atoms with Crippen LogP contribution in [0.4, 0.5) is 10.1 Å². The average Bonchev–Trinajstić information content (AvgIpc) is 2.73. The topological polar surface area (TPSA) is 94.2 Å². The molecule has 0 unspecified atom stereocenters. The minimum Gasteiger partial charge on any atom is -0.366 e. The van der Waals surface area contributed by atoms with Gasteiger partial charge in [0.25, 0.3) is 11.5 Å².